The molecular weight excluding hydrogens is 408 g/mol. The van der Waals surface area contributed by atoms with Crippen molar-refractivity contribution < 1.29 is 0 Å². The fourth-order valence-corrected chi connectivity index (χ4v) is 8.20. The molecular formula is C34H56. The van der Waals surface area contributed by atoms with E-state index in [9.17, 15) is 0 Å². The topological polar surface area (TPSA) is 0 Å². The first kappa shape index (κ1) is 26.3. The molecule has 0 heteroatoms. The zero-order valence-electron chi connectivity index (χ0n) is 22.9. The average Bonchev–Trinajstić information content (AvgIpc) is 2.89. The Balaban J connectivity index is 1.29. The van der Waals surface area contributed by atoms with Crippen LogP contribution >= 0.6 is 0 Å². The van der Waals surface area contributed by atoms with Gasteiger partial charge in [-0.15, -0.1) is 0 Å². The summed E-state index contributed by atoms with van der Waals surface area (Å²) in [7, 11) is 0. The van der Waals surface area contributed by atoms with E-state index in [2.05, 4.69) is 38.1 Å². The number of benzene rings is 1. The van der Waals surface area contributed by atoms with Crippen LogP contribution in [0.3, 0.4) is 0 Å². The fraction of sp³-hybridized carbons (Fsp3) is 0.824. The third-order valence-electron chi connectivity index (χ3n) is 10.4. The lowest BCUT2D eigenvalue weighted by Gasteiger charge is -2.33. The lowest BCUT2D eigenvalue weighted by molar-refractivity contribution is 0.197. The Morgan fingerprint density at radius 1 is 0.618 bits per heavy atom. The molecule has 1 aromatic rings. The van der Waals surface area contributed by atoms with Crippen molar-refractivity contribution in [3.63, 3.8) is 0 Å². The molecule has 0 spiro atoms. The van der Waals surface area contributed by atoms with Crippen molar-refractivity contribution in [3.05, 3.63) is 35.4 Å². The van der Waals surface area contributed by atoms with Crippen LogP contribution in [0.4, 0.5) is 0 Å². The Bertz CT molecular complexity index is 650. The Labute approximate surface area is 213 Å². The van der Waals surface area contributed by atoms with Crippen molar-refractivity contribution in [1.82, 2.24) is 0 Å². The van der Waals surface area contributed by atoms with E-state index in [-0.39, 0.29) is 0 Å². The predicted molar refractivity (Wildman–Crippen MR) is 149 cm³/mol. The number of rotatable bonds is 11. The highest BCUT2D eigenvalue weighted by Gasteiger charge is 2.27. The standard InChI is InChI=1S/C34H56/c1-3-8-27-12-14-29(15-13-27)18-25-34(31-10-6-5-7-11-31)26-30-19-23-33(24-20-30)32-21-16-28(9-4-2)17-22-32/h19-20,23-24,27-29,31-32,34H,3-18,21-22,25-26H2,1-2H3. The third-order valence-corrected chi connectivity index (χ3v) is 10.4. The predicted octanol–water partition coefficient (Wildman–Crippen LogP) is 10.9. The van der Waals surface area contributed by atoms with Gasteiger partial charge in [0.25, 0.3) is 0 Å². The van der Waals surface area contributed by atoms with E-state index in [0.717, 1.165) is 35.5 Å². The Morgan fingerprint density at radius 2 is 1.15 bits per heavy atom. The van der Waals surface area contributed by atoms with Gasteiger partial charge in [-0.25, -0.2) is 0 Å². The van der Waals surface area contributed by atoms with E-state index >= 15 is 0 Å². The molecule has 3 aliphatic carbocycles. The second kappa shape index (κ2) is 14.1. The normalized spacial score (nSPS) is 29.7. The van der Waals surface area contributed by atoms with Crippen molar-refractivity contribution in [2.75, 3.05) is 0 Å². The van der Waals surface area contributed by atoms with Gasteiger partial charge in [0, 0.05) is 0 Å². The molecule has 192 valence electrons. The third kappa shape index (κ3) is 7.86. The van der Waals surface area contributed by atoms with E-state index < -0.39 is 0 Å². The maximum absolute atomic E-state index is 2.53. The molecule has 1 aromatic carbocycles. The zero-order chi connectivity index (χ0) is 23.6. The quantitative estimate of drug-likeness (QED) is 0.305. The van der Waals surface area contributed by atoms with Crippen LogP contribution in [-0.4, -0.2) is 0 Å². The van der Waals surface area contributed by atoms with Gasteiger partial charge in [-0.05, 0) is 85.2 Å². The number of hydrogen-bond donors (Lipinski definition) is 0. The molecule has 0 heterocycles. The van der Waals surface area contributed by atoms with Crippen LogP contribution in [-0.2, 0) is 6.42 Å². The monoisotopic (exact) mass is 464 g/mol. The number of hydrogen-bond acceptors (Lipinski definition) is 0. The minimum absolute atomic E-state index is 0.833. The lowest BCUT2D eigenvalue weighted by atomic mass is 9.72. The minimum atomic E-state index is 0.833. The average molecular weight is 465 g/mol. The van der Waals surface area contributed by atoms with Crippen LogP contribution in [0.15, 0.2) is 24.3 Å². The van der Waals surface area contributed by atoms with Crippen molar-refractivity contribution in [2.24, 2.45) is 29.6 Å². The van der Waals surface area contributed by atoms with Crippen molar-refractivity contribution in [1.29, 1.82) is 0 Å². The molecule has 0 saturated heterocycles. The van der Waals surface area contributed by atoms with Gasteiger partial charge >= 0.3 is 0 Å². The Hall–Kier alpha value is -0.780. The van der Waals surface area contributed by atoms with Crippen LogP contribution in [0.2, 0.25) is 0 Å². The summed E-state index contributed by atoms with van der Waals surface area (Å²) in [6.07, 6.45) is 29.4. The van der Waals surface area contributed by atoms with Gasteiger partial charge in [0.05, 0.1) is 0 Å². The van der Waals surface area contributed by atoms with Crippen LogP contribution < -0.4 is 0 Å². The molecule has 0 radical (unpaired) electrons. The van der Waals surface area contributed by atoms with Gasteiger partial charge in [-0.3, -0.25) is 0 Å². The summed E-state index contributed by atoms with van der Waals surface area (Å²) in [6, 6.07) is 10.1. The molecule has 0 amide bonds. The highest BCUT2D eigenvalue weighted by atomic mass is 14.3. The first-order valence-corrected chi connectivity index (χ1v) is 15.8. The molecule has 0 aromatic heterocycles. The Morgan fingerprint density at radius 3 is 1.71 bits per heavy atom. The van der Waals surface area contributed by atoms with Gasteiger partial charge in [0.15, 0.2) is 0 Å². The van der Waals surface area contributed by atoms with Gasteiger partial charge in [0.1, 0.15) is 0 Å². The summed E-state index contributed by atoms with van der Waals surface area (Å²) in [6.45, 7) is 4.72. The van der Waals surface area contributed by atoms with Gasteiger partial charge < -0.3 is 0 Å². The molecule has 0 bridgehead atoms. The summed E-state index contributed by atoms with van der Waals surface area (Å²) in [5, 5.41) is 0. The van der Waals surface area contributed by atoms with Crippen LogP contribution in [0.5, 0.6) is 0 Å². The molecule has 0 nitrogen and oxygen atoms in total. The first-order valence-electron chi connectivity index (χ1n) is 15.8. The molecule has 1 unspecified atom stereocenters. The van der Waals surface area contributed by atoms with Gasteiger partial charge in [0.2, 0.25) is 0 Å². The molecule has 4 rings (SSSR count). The Kier molecular flexibility index (Phi) is 10.9. The van der Waals surface area contributed by atoms with Crippen molar-refractivity contribution in [2.45, 2.75) is 148 Å². The van der Waals surface area contributed by atoms with Crippen LogP contribution in [0.25, 0.3) is 0 Å². The maximum Gasteiger partial charge on any atom is -0.0162 e. The summed E-state index contributed by atoms with van der Waals surface area (Å²) in [5.74, 6) is 5.86. The van der Waals surface area contributed by atoms with E-state index in [1.807, 2.05) is 0 Å². The van der Waals surface area contributed by atoms with Crippen molar-refractivity contribution >= 4 is 0 Å². The smallest absolute Gasteiger partial charge is 0.0162 e. The highest BCUT2D eigenvalue weighted by Crippen LogP contribution is 2.40. The van der Waals surface area contributed by atoms with E-state index in [1.165, 1.54) is 128 Å². The molecule has 34 heavy (non-hydrogen) atoms. The largest absolute Gasteiger partial charge is 0.0654 e. The summed E-state index contributed by atoms with van der Waals surface area (Å²) < 4.78 is 0. The molecule has 3 fully saturated rings. The first-order chi connectivity index (χ1) is 16.7. The SMILES string of the molecule is CCCC1CCC(CCC(Cc2ccc(C3CCC(CCC)CC3)cc2)C2CCCCC2)CC1. The minimum Gasteiger partial charge on any atom is -0.0654 e. The fourth-order valence-electron chi connectivity index (χ4n) is 8.20. The molecule has 0 aliphatic heterocycles. The second-order valence-corrected chi connectivity index (χ2v) is 12.9. The van der Waals surface area contributed by atoms with Crippen molar-refractivity contribution in [3.8, 4) is 0 Å². The molecule has 0 N–H and O–H groups in total. The van der Waals surface area contributed by atoms with E-state index in [1.54, 1.807) is 11.1 Å². The zero-order valence-corrected chi connectivity index (χ0v) is 22.9. The van der Waals surface area contributed by atoms with Gasteiger partial charge in [-0.2, -0.15) is 0 Å². The lowest BCUT2D eigenvalue weighted by Crippen LogP contribution is -2.22. The van der Waals surface area contributed by atoms with Crippen LogP contribution in [0.1, 0.15) is 153 Å². The second-order valence-electron chi connectivity index (χ2n) is 12.9. The molecule has 3 aliphatic rings. The van der Waals surface area contributed by atoms with E-state index in [4.69, 9.17) is 0 Å². The van der Waals surface area contributed by atoms with E-state index in [0.29, 0.717) is 0 Å². The summed E-state index contributed by atoms with van der Waals surface area (Å²) in [5.41, 5.74) is 3.27. The molecule has 1 atom stereocenters. The summed E-state index contributed by atoms with van der Waals surface area (Å²) >= 11 is 0. The van der Waals surface area contributed by atoms with Gasteiger partial charge in [-0.1, -0.05) is 128 Å². The molecule has 3 saturated carbocycles. The highest BCUT2D eigenvalue weighted by molar-refractivity contribution is 5.26. The summed E-state index contributed by atoms with van der Waals surface area (Å²) in [4.78, 5) is 0. The van der Waals surface area contributed by atoms with Crippen LogP contribution in [0, 0.1) is 29.6 Å². The maximum atomic E-state index is 2.53.